The van der Waals surface area contributed by atoms with Crippen LogP contribution in [0.5, 0.6) is 0 Å². The van der Waals surface area contributed by atoms with E-state index in [4.69, 9.17) is 9.47 Å². The van der Waals surface area contributed by atoms with Crippen LogP contribution in [0.2, 0.25) is 0 Å². The van der Waals surface area contributed by atoms with E-state index in [2.05, 4.69) is 13.5 Å². The van der Waals surface area contributed by atoms with E-state index in [9.17, 15) is 41.0 Å². The Morgan fingerprint density at radius 3 is 2.33 bits per heavy atom. The van der Waals surface area contributed by atoms with Crippen LogP contribution in [0.15, 0.2) is 47.1 Å². The molecule has 0 heterocycles. The van der Waals surface area contributed by atoms with Gasteiger partial charge in [-0.1, -0.05) is 55.7 Å². The molecular weight excluding hydrogens is 566 g/mol. The van der Waals surface area contributed by atoms with Gasteiger partial charge >= 0.3 is 29.9 Å². The van der Waals surface area contributed by atoms with Gasteiger partial charge in [-0.05, 0) is 60.0 Å². The zero-order valence-corrected chi connectivity index (χ0v) is 24.0. The van der Waals surface area contributed by atoms with Gasteiger partial charge in [0.2, 0.25) is 0 Å². The normalized spacial score (nSPS) is 29.4. The van der Waals surface area contributed by atoms with Crippen molar-refractivity contribution in [1.82, 2.24) is 0 Å². The Kier molecular flexibility index (Phi) is 9.82. The summed E-state index contributed by atoms with van der Waals surface area (Å²) in [6.45, 7) is 10.5. The molecule has 3 rings (SSSR count). The van der Waals surface area contributed by atoms with E-state index in [1.807, 2.05) is 24.1 Å². The van der Waals surface area contributed by atoms with Gasteiger partial charge in [-0.25, -0.2) is 0 Å². The van der Waals surface area contributed by atoms with Gasteiger partial charge in [0.05, 0.1) is 0 Å². The maximum absolute atomic E-state index is 13.0. The van der Waals surface area contributed by atoms with Crippen molar-refractivity contribution >= 4 is 11.9 Å². The van der Waals surface area contributed by atoms with Crippen molar-refractivity contribution in [3.05, 3.63) is 47.1 Å². The summed E-state index contributed by atoms with van der Waals surface area (Å²) in [7, 11) is 0. The number of hydrogen-bond donors (Lipinski definition) is 1. The second-order valence-corrected chi connectivity index (χ2v) is 11.6. The minimum atomic E-state index is -5.98. The molecule has 3 unspecified atom stereocenters. The first kappa shape index (κ1) is 33.5. The molecule has 0 aliphatic heterocycles. The molecular formula is C31H36F6O5. The summed E-state index contributed by atoms with van der Waals surface area (Å²) in [5.74, 6) is 1.74. The monoisotopic (exact) mass is 602 g/mol. The summed E-state index contributed by atoms with van der Waals surface area (Å²) >= 11 is 0. The predicted octanol–water partition coefficient (Wildman–Crippen LogP) is 7.07. The van der Waals surface area contributed by atoms with Gasteiger partial charge in [0.1, 0.15) is 12.2 Å². The first-order valence-electron chi connectivity index (χ1n) is 13.8. The number of rotatable bonds is 5. The van der Waals surface area contributed by atoms with Crippen molar-refractivity contribution in [3.8, 4) is 11.8 Å². The Morgan fingerprint density at radius 1 is 1.14 bits per heavy atom. The maximum atomic E-state index is 13.0. The number of fused-ring (bicyclic) bond motifs is 1. The van der Waals surface area contributed by atoms with Crippen molar-refractivity contribution in [3.63, 3.8) is 0 Å². The molecule has 3 aliphatic carbocycles. The summed E-state index contributed by atoms with van der Waals surface area (Å²) in [6.07, 6.45) is -3.67. The molecule has 1 N–H and O–H groups in total. The molecule has 0 aromatic rings. The zero-order valence-electron chi connectivity index (χ0n) is 24.0. The van der Waals surface area contributed by atoms with Crippen LogP contribution in [-0.2, 0) is 19.1 Å². The number of ether oxygens (including phenoxy) is 2. The lowest BCUT2D eigenvalue weighted by Crippen LogP contribution is -2.55. The summed E-state index contributed by atoms with van der Waals surface area (Å²) in [5, 5.41) is 9.33. The smallest absolute Gasteiger partial charge is 0.438 e. The molecule has 0 aromatic carbocycles. The van der Waals surface area contributed by atoms with E-state index in [1.54, 1.807) is 6.92 Å². The minimum absolute atomic E-state index is 0.0705. The quantitative estimate of drug-likeness (QED) is 0.158. The molecule has 0 spiro atoms. The maximum Gasteiger partial charge on any atom is 0.438 e. The van der Waals surface area contributed by atoms with Gasteiger partial charge in [-0.15, -0.1) is 0 Å². The van der Waals surface area contributed by atoms with Crippen molar-refractivity contribution < 1.29 is 50.5 Å². The Bertz CT molecular complexity index is 1230. The fourth-order valence-electron chi connectivity index (χ4n) is 6.43. The topological polar surface area (TPSA) is 72.8 Å². The molecule has 2 saturated carbocycles. The zero-order chi connectivity index (χ0) is 31.7. The van der Waals surface area contributed by atoms with E-state index in [0.29, 0.717) is 24.8 Å². The lowest BCUT2D eigenvalue weighted by molar-refractivity contribution is -0.343. The van der Waals surface area contributed by atoms with Crippen molar-refractivity contribution in [2.45, 2.75) is 103 Å². The van der Waals surface area contributed by atoms with Crippen LogP contribution < -0.4 is 0 Å². The number of carbonyl (C=O) groups excluding carboxylic acids is 2. The molecule has 232 valence electrons. The molecule has 5 atom stereocenters. The molecule has 0 aromatic heterocycles. The summed E-state index contributed by atoms with van der Waals surface area (Å²) in [4.78, 5) is 23.2. The van der Waals surface area contributed by atoms with Gasteiger partial charge in [0, 0.05) is 33.1 Å². The van der Waals surface area contributed by atoms with Gasteiger partial charge < -0.3 is 14.6 Å². The molecule has 0 bridgehead atoms. The first-order valence-corrected chi connectivity index (χ1v) is 13.8. The average molecular weight is 603 g/mol. The van der Waals surface area contributed by atoms with E-state index in [0.717, 1.165) is 41.9 Å². The van der Waals surface area contributed by atoms with Crippen LogP contribution in [0.4, 0.5) is 26.3 Å². The van der Waals surface area contributed by atoms with E-state index in [1.165, 1.54) is 13.8 Å². The Balaban J connectivity index is 1.81. The highest BCUT2D eigenvalue weighted by Gasteiger charge is 2.70. The molecule has 42 heavy (non-hydrogen) atoms. The van der Waals surface area contributed by atoms with Gasteiger partial charge in [0.25, 0.3) is 0 Å². The van der Waals surface area contributed by atoms with E-state index in [-0.39, 0.29) is 17.8 Å². The Hall–Kier alpha value is -3.00. The minimum Gasteiger partial charge on any atom is -0.462 e. The van der Waals surface area contributed by atoms with Crippen LogP contribution in [0, 0.1) is 29.1 Å². The number of esters is 2. The number of allylic oxidation sites excluding steroid dienone is 5. The van der Waals surface area contributed by atoms with Crippen LogP contribution in [-0.4, -0.2) is 47.2 Å². The molecule has 2 fully saturated rings. The largest absolute Gasteiger partial charge is 0.462 e. The van der Waals surface area contributed by atoms with Gasteiger partial charge in [-0.3, -0.25) is 9.59 Å². The average Bonchev–Trinajstić information content (AvgIpc) is 3.20. The highest BCUT2D eigenvalue weighted by molar-refractivity contribution is 5.67. The second-order valence-electron chi connectivity index (χ2n) is 11.6. The number of halogens is 6. The highest BCUT2D eigenvalue weighted by atomic mass is 19.4. The number of carbonyl (C=O) groups is 2. The molecule has 3 aliphatic rings. The third-order valence-electron chi connectivity index (χ3n) is 8.51. The van der Waals surface area contributed by atoms with Crippen LogP contribution >= 0.6 is 0 Å². The summed E-state index contributed by atoms with van der Waals surface area (Å²) in [6, 6.07) is 0. The van der Waals surface area contributed by atoms with Crippen molar-refractivity contribution in [2.24, 2.45) is 17.3 Å². The van der Waals surface area contributed by atoms with E-state index >= 15 is 0 Å². The third-order valence-corrected chi connectivity index (χ3v) is 8.51. The van der Waals surface area contributed by atoms with Crippen LogP contribution in [0.1, 0.15) is 72.6 Å². The lowest BCUT2D eigenvalue weighted by atomic mass is 9.62. The molecule has 5 nitrogen and oxygen atoms in total. The summed E-state index contributed by atoms with van der Waals surface area (Å²) < 4.78 is 88.8. The van der Waals surface area contributed by atoms with E-state index < -0.39 is 48.0 Å². The third kappa shape index (κ3) is 6.96. The standard InChI is InChI=1S/C31H36F6O5/c1-18(8-6-15-29(40,30(32,33)34)31(35,36)37)25-12-13-26-22(9-7-14-28(25,26)5)10-11-23-16-24(41-20(3)38)17-27(19(23)2)42-21(4)39/h10-12,18,24,26-27,40H,2,7-9,13-14,16-17H2,1,3-5H3/t18?,24?,26?,27-,28+/m0/s1. The van der Waals surface area contributed by atoms with Crippen LogP contribution in [0.25, 0.3) is 0 Å². The van der Waals surface area contributed by atoms with Crippen molar-refractivity contribution in [2.75, 3.05) is 0 Å². The van der Waals surface area contributed by atoms with Gasteiger partial charge in [-0.2, -0.15) is 26.3 Å². The number of alkyl halides is 6. The van der Waals surface area contributed by atoms with Crippen LogP contribution in [0.3, 0.4) is 0 Å². The number of aliphatic hydroxyl groups is 1. The van der Waals surface area contributed by atoms with Gasteiger partial charge in [0.15, 0.2) is 0 Å². The predicted molar refractivity (Wildman–Crippen MR) is 142 cm³/mol. The number of hydrogen-bond acceptors (Lipinski definition) is 5. The lowest BCUT2D eigenvalue weighted by Gasteiger charge is -2.42. The Labute approximate surface area is 241 Å². The molecule has 0 radical (unpaired) electrons. The fourth-order valence-corrected chi connectivity index (χ4v) is 6.43. The molecule has 0 amide bonds. The molecule has 0 saturated heterocycles. The summed E-state index contributed by atoms with van der Waals surface area (Å²) in [5.41, 5.74) is -1.98. The Morgan fingerprint density at radius 2 is 1.76 bits per heavy atom. The second kappa shape index (κ2) is 12.3. The first-order chi connectivity index (χ1) is 19.3. The molecule has 11 heteroatoms. The highest BCUT2D eigenvalue weighted by Crippen LogP contribution is 2.57. The SMILES string of the molecule is C=C1C(=CC=C2CCC[C@]3(C)C(C(C)CC#CC(O)(C(F)(F)F)C(F)(F)F)=CCC23)CC(OC(C)=O)C[C@@H]1OC(C)=O. The van der Waals surface area contributed by atoms with Crippen molar-refractivity contribution in [1.29, 1.82) is 0 Å². The fraction of sp³-hybridized carbons (Fsp3) is 0.613.